The number of hydrogen-bond donors (Lipinski definition) is 1. The molecule has 1 N–H and O–H groups in total. The van der Waals surface area contributed by atoms with Gasteiger partial charge in [0, 0.05) is 4.90 Å². The Morgan fingerprint density at radius 1 is 1.08 bits per heavy atom. The van der Waals surface area contributed by atoms with Gasteiger partial charge in [-0.1, -0.05) is 12.1 Å². The average Bonchev–Trinajstić information content (AvgIpc) is 2.59. The molecule has 0 heterocycles. The molecule has 2 aromatic carbocycles. The SMILES string of the molecule is COC(=O)c1ccccc1NC(=O)CSc1ccc(C(F)(F)F)cc1. The monoisotopic (exact) mass is 369 g/mol. The molecule has 0 saturated heterocycles. The highest BCUT2D eigenvalue weighted by Crippen LogP contribution is 2.30. The van der Waals surface area contributed by atoms with Crippen LogP contribution in [0.15, 0.2) is 53.4 Å². The first-order chi connectivity index (χ1) is 11.8. The maximum atomic E-state index is 12.5. The molecule has 1 amide bonds. The number of methoxy groups -OCH3 is 1. The summed E-state index contributed by atoms with van der Waals surface area (Å²) in [4.78, 5) is 24.2. The Morgan fingerprint density at radius 2 is 1.72 bits per heavy atom. The minimum atomic E-state index is -4.39. The van der Waals surface area contributed by atoms with Gasteiger partial charge >= 0.3 is 12.1 Å². The third kappa shape index (κ3) is 5.25. The number of halogens is 3. The van der Waals surface area contributed by atoms with E-state index in [1.54, 1.807) is 18.2 Å². The molecule has 4 nitrogen and oxygen atoms in total. The number of nitrogens with one attached hydrogen (secondary N) is 1. The second-order valence-electron chi connectivity index (χ2n) is 4.90. The van der Waals surface area contributed by atoms with Crippen molar-refractivity contribution in [3.05, 3.63) is 59.7 Å². The maximum absolute atomic E-state index is 12.5. The van der Waals surface area contributed by atoms with Crippen LogP contribution in [0.5, 0.6) is 0 Å². The van der Waals surface area contributed by atoms with Gasteiger partial charge in [-0.05, 0) is 36.4 Å². The molecule has 0 spiro atoms. The average molecular weight is 369 g/mol. The fraction of sp³-hybridized carbons (Fsp3) is 0.176. The number of anilines is 1. The summed E-state index contributed by atoms with van der Waals surface area (Å²) in [5.41, 5.74) is -0.210. The summed E-state index contributed by atoms with van der Waals surface area (Å²) in [6.45, 7) is 0. The van der Waals surface area contributed by atoms with Gasteiger partial charge in [0.2, 0.25) is 5.91 Å². The van der Waals surface area contributed by atoms with Gasteiger partial charge in [-0.25, -0.2) is 4.79 Å². The third-order valence-electron chi connectivity index (χ3n) is 3.16. The second-order valence-corrected chi connectivity index (χ2v) is 5.94. The zero-order valence-electron chi connectivity index (χ0n) is 13.1. The quantitative estimate of drug-likeness (QED) is 0.633. The van der Waals surface area contributed by atoms with E-state index in [0.29, 0.717) is 10.6 Å². The maximum Gasteiger partial charge on any atom is 0.416 e. The lowest BCUT2D eigenvalue weighted by molar-refractivity contribution is -0.137. The highest BCUT2D eigenvalue weighted by atomic mass is 32.2. The Morgan fingerprint density at radius 3 is 2.32 bits per heavy atom. The summed E-state index contributed by atoms with van der Waals surface area (Å²) in [6.07, 6.45) is -4.39. The van der Waals surface area contributed by atoms with Crippen molar-refractivity contribution in [1.82, 2.24) is 0 Å². The first-order valence-corrected chi connectivity index (χ1v) is 8.07. The van der Waals surface area contributed by atoms with Gasteiger partial charge in [-0.2, -0.15) is 13.2 Å². The number of rotatable bonds is 5. The summed E-state index contributed by atoms with van der Waals surface area (Å²) in [7, 11) is 1.24. The molecule has 0 aromatic heterocycles. The molecule has 0 saturated carbocycles. The smallest absolute Gasteiger partial charge is 0.416 e. The van der Waals surface area contributed by atoms with E-state index in [4.69, 9.17) is 0 Å². The number of carbonyl (C=O) groups excluding carboxylic acids is 2. The van der Waals surface area contributed by atoms with E-state index in [1.807, 2.05) is 0 Å². The number of benzene rings is 2. The molecule has 132 valence electrons. The molecule has 0 atom stereocenters. The van der Waals surface area contributed by atoms with Crippen molar-refractivity contribution in [2.24, 2.45) is 0 Å². The fourth-order valence-corrected chi connectivity index (χ4v) is 2.65. The number of carbonyl (C=O) groups is 2. The predicted octanol–water partition coefficient (Wildman–Crippen LogP) is 4.22. The van der Waals surface area contributed by atoms with Crippen LogP contribution >= 0.6 is 11.8 Å². The van der Waals surface area contributed by atoms with Crippen molar-refractivity contribution < 1.29 is 27.5 Å². The van der Waals surface area contributed by atoms with Crippen LogP contribution in [0, 0.1) is 0 Å². The second kappa shape index (κ2) is 8.06. The minimum Gasteiger partial charge on any atom is -0.465 e. The van der Waals surface area contributed by atoms with Crippen LogP contribution in [0.1, 0.15) is 15.9 Å². The third-order valence-corrected chi connectivity index (χ3v) is 4.17. The Bertz CT molecular complexity index is 760. The van der Waals surface area contributed by atoms with Gasteiger partial charge in [0.05, 0.1) is 29.7 Å². The summed E-state index contributed by atoms with van der Waals surface area (Å²) >= 11 is 1.09. The normalized spacial score (nSPS) is 11.0. The first kappa shape index (κ1) is 18.9. The standard InChI is InChI=1S/C17H14F3NO3S/c1-24-16(23)13-4-2-3-5-14(13)21-15(22)10-25-12-8-6-11(7-9-12)17(18,19)20/h2-9H,10H2,1H3,(H,21,22). The van der Waals surface area contributed by atoms with E-state index in [0.717, 1.165) is 23.9 Å². The Labute approximate surface area is 146 Å². The van der Waals surface area contributed by atoms with E-state index >= 15 is 0 Å². The van der Waals surface area contributed by atoms with E-state index < -0.39 is 17.7 Å². The van der Waals surface area contributed by atoms with E-state index in [9.17, 15) is 22.8 Å². The van der Waals surface area contributed by atoms with Gasteiger partial charge in [-0.3, -0.25) is 4.79 Å². The topological polar surface area (TPSA) is 55.4 Å². The van der Waals surface area contributed by atoms with Crippen LogP contribution in [0.25, 0.3) is 0 Å². The Kier molecular flexibility index (Phi) is 6.08. The molecule has 0 aliphatic carbocycles. The predicted molar refractivity (Wildman–Crippen MR) is 88.6 cm³/mol. The summed E-state index contributed by atoms with van der Waals surface area (Å²) in [5, 5.41) is 2.59. The lowest BCUT2D eigenvalue weighted by atomic mass is 10.2. The zero-order chi connectivity index (χ0) is 18.4. The van der Waals surface area contributed by atoms with Crippen LogP contribution in [0.3, 0.4) is 0 Å². The summed E-state index contributed by atoms with van der Waals surface area (Å²) in [6, 6.07) is 10.9. The minimum absolute atomic E-state index is 0.0130. The fourth-order valence-electron chi connectivity index (χ4n) is 1.96. The van der Waals surface area contributed by atoms with Gasteiger partial charge in [0.15, 0.2) is 0 Å². The van der Waals surface area contributed by atoms with E-state index in [2.05, 4.69) is 10.1 Å². The molecule has 0 radical (unpaired) electrons. The highest BCUT2D eigenvalue weighted by Gasteiger charge is 2.29. The first-order valence-electron chi connectivity index (χ1n) is 7.08. The van der Waals surface area contributed by atoms with Gasteiger partial charge in [0.1, 0.15) is 0 Å². The number of esters is 1. The van der Waals surface area contributed by atoms with Crippen molar-refractivity contribution in [2.45, 2.75) is 11.1 Å². The number of ether oxygens (including phenoxy) is 1. The van der Waals surface area contributed by atoms with Crippen LogP contribution in [-0.2, 0) is 15.7 Å². The number of alkyl halides is 3. The van der Waals surface area contributed by atoms with E-state index in [1.165, 1.54) is 25.3 Å². The lowest BCUT2D eigenvalue weighted by Gasteiger charge is -2.10. The van der Waals surface area contributed by atoms with Crippen LogP contribution < -0.4 is 5.32 Å². The molecule has 0 aliphatic heterocycles. The summed E-state index contributed by atoms with van der Waals surface area (Å²) in [5.74, 6) is -0.978. The number of amides is 1. The molecule has 25 heavy (non-hydrogen) atoms. The van der Waals surface area contributed by atoms with Gasteiger partial charge < -0.3 is 10.1 Å². The molecule has 0 unspecified atom stereocenters. The van der Waals surface area contributed by atoms with Crippen molar-refractivity contribution in [3.63, 3.8) is 0 Å². The zero-order valence-corrected chi connectivity index (χ0v) is 13.9. The molecule has 2 rings (SSSR count). The molecule has 8 heteroatoms. The Hall–Kier alpha value is -2.48. The van der Waals surface area contributed by atoms with Crippen LogP contribution in [0.2, 0.25) is 0 Å². The van der Waals surface area contributed by atoms with Gasteiger partial charge in [0.25, 0.3) is 0 Å². The largest absolute Gasteiger partial charge is 0.465 e. The molecule has 0 aliphatic rings. The van der Waals surface area contributed by atoms with Crippen LogP contribution in [-0.4, -0.2) is 24.7 Å². The molecule has 0 bridgehead atoms. The van der Waals surface area contributed by atoms with Crippen molar-refractivity contribution in [1.29, 1.82) is 0 Å². The molecular formula is C17H14F3NO3S. The van der Waals surface area contributed by atoms with E-state index in [-0.39, 0.29) is 17.2 Å². The van der Waals surface area contributed by atoms with Crippen molar-refractivity contribution in [2.75, 3.05) is 18.2 Å². The van der Waals surface area contributed by atoms with Crippen molar-refractivity contribution in [3.8, 4) is 0 Å². The Balaban J connectivity index is 1.97. The number of thioether (sulfide) groups is 1. The van der Waals surface area contributed by atoms with Gasteiger partial charge in [-0.15, -0.1) is 11.8 Å². The molecule has 0 fully saturated rings. The molecule has 2 aromatic rings. The van der Waals surface area contributed by atoms with Crippen LogP contribution in [0.4, 0.5) is 18.9 Å². The number of para-hydroxylation sites is 1. The number of hydrogen-bond acceptors (Lipinski definition) is 4. The summed E-state index contributed by atoms with van der Waals surface area (Å²) < 4.78 is 42.1. The molecular weight excluding hydrogens is 355 g/mol. The lowest BCUT2D eigenvalue weighted by Crippen LogP contribution is -2.17. The van der Waals surface area contributed by atoms with Crippen molar-refractivity contribution >= 4 is 29.3 Å². The highest BCUT2D eigenvalue weighted by molar-refractivity contribution is 8.00.